The summed E-state index contributed by atoms with van der Waals surface area (Å²) >= 11 is 0. The third-order valence-corrected chi connectivity index (χ3v) is 5.78. The van der Waals surface area contributed by atoms with Gasteiger partial charge < -0.3 is 15.4 Å². The molecule has 1 saturated carbocycles. The van der Waals surface area contributed by atoms with E-state index >= 15 is 0 Å². The van der Waals surface area contributed by atoms with Gasteiger partial charge in [0.25, 0.3) is 5.91 Å². The van der Waals surface area contributed by atoms with E-state index in [1.54, 1.807) is 0 Å². The molecule has 1 saturated heterocycles. The topological polar surface area (TPSA) is 87.7 Å². The van der Waals surface area contributed by atoms with E-state index in [0.717, 1.165) is 43.4 Å². The molecule has 144 valence electrons. The van der Waals surface area contributed by atoms with E-state index in [2.05, 4.69) is 10.6 Å². The maximum absolute atomic E-state index is 12.6. The molecular weight excluding hydrogens is 346 g/mol. The monoisotopic (exact) mass is 371 g/mol. The van der Waals surface area contributed by atoms with Gasteiger partial charge in [0.1, 0.15) is 11.3 Å². The van der Waals surface area contributed by atoms with Crippen LogP contribution in [0.4, 0.5) is 4.79 Å². The second-order valence-corrected chi connectivity index (χ2v) is 7.57. The Labute approximate surface area is 158 Å². The van der Waals surface area contributed by atoms with Crippen molar-refractivity contribution in [1.29, 1.82) is 0 Å². The van der Waals surface area contributed by atoms with Crippen LogP contribution in [0, 0.1) is 0 Å². The number of nitrogens with one attached hydrogen (secondary N) is 2. The van der Waals surface area contributed by atoms with Crippen LogP contribution in [0.1, 0.15) is 56.6 Å². The molecule has 2 heterocycles. The number of rotatable bonds is 5. The molecule has 1 aliphatic carbocycles. The largest absolute Gasteiger partial charge is 0.493 e. The van der Waals surface area contributed by atoms with Crippen LogP contribution < -0.4 is 15.4 Å². The van der Waals surface area contributed by atoms with Crippen molar-refractivity contribution in [3.8, 4) is 5.75 Å². The average Bonchev–Trinajstić information content (AvgIpc) is 3.22. The maximum Gasteiger partial charge on any atom is 0.325 e. The van der Waals surface area contributed by atoms with Crippen molar-refractivity contribution in [3.05, 3.63) is 29.8 Å². The number of carbonyl (C=O) groups excluding carboxylic acids is 3. The molecule has 7 nitrogen and oxygen atoms in total. The number of hydrogen-bond acceptors (Lipinski definition) is 4. The lowest BCUT2D eigenvalue weighted by Gasteiger charge is -2.26. The van der Waals surface area contributed by atoms with Gasteiger partial charge in [-0.1, -0.05) is 31.0 Å². The zero-order chi connectivity index (χ0) is 18.9. The Morgan fingerprint density at radius 1 is 1.26 bits per heavy atom. The van der Waals surface area contributed by atoms with Crippen LogP contribution in [-0.2, 0) is 9.59 Å². The van der Waals surface area contributed by atoms with Crippen molar-refractivity contribution in [1.82, 2.24) is 15.5 Å². The fraction of sp³-hybridized carbons (Fsp3) is 0.550. The van der Waals surface area contributed by atoms with Gasteiger partial charge in [-0.3, -0.25) is 14.5 Å². The second-order valence-electron chi connectivity index (χ2n) is 7.57. The Kier molecular flexibility index (Phi) is 4.76. The molecule has 1 aromatic carbocycles. The van der Waals surface area contributed by atoms with Crippen molar-refractivity contribution < 1.29 is 19.1 Å². The quantitative estimate of drug-likeness (QED) is 0.778. The van der Waals surface area contributed by atoms with Crippen LogP contribution in [-0.4, -0.2) is 41.4 Å². The minimum atomic E-state index is -0.675. The molecule has 2 fully saturated rings. The first-order valence-corrected chi connectivity index (χ1v) is 9.74. The molecule has 3 aliphatic rings. The van der Waals surface area contributed by atoms with E-state index in [-0.39, 0.29) is 36.9 Å². The summed E-state index contributed by atoms with van der Waals surface area (Å²) in [6.45, 7) is 0.858. The maximum atomic E-state index is 12.6. The minimum absolute atomic E-state index is 0.0547. The number of urea groups is 1. The van der Waals surface area contributed by atoms with Crippen molar-refractivity contribution in [2.75, 3.05) is 13.2 Å². The number of nitrogens with zero attached hydrogens (tertiary/aromatic N) is 1. The van der Waals surface area contributed by atoms with E-state index in [1.807, 2.05) is 24.3 Å². The lowest BCUT2D eigenvalue weighted by Crippen LogP contribution is -2.44. The Morgan fingerprint density at radius 3 is 2.85 bits per heavy atom. The van der Waals surface area contributed by atoms with Gasteiger partial charge in [-0.25, -0.2) is 4.79 Å². The fourth-order valence-electron chi connectivity index (χ4n) is 4.35. The molecule has 4 amide bonds. The molecule has 2 aliphatic heterocycles. The van der Waals surface area contributed by atoms with Gasteiger partial charge >= 0.3 is 6.03 Å². The van der Waals surface area contributed by atoms with Gasteiger partial charge in [-0.15, -0.1) is 0 Å². The Balaban J connectivity index is 1.28. The summed E-state index contributed by atoms with van der Waals surface area (Å²) in [5, 5.41) is 5.92. The zero-order valence-electron chi connectivity index (χ0n) is 15.3. The smallest absolute Gasteiger partial charge is 0.325 e. The molecule has 1 unspecified atom stereocenters. The highest BCUT2D eigenvalue weighted by Crippen LogP contribution is 2.35. The van der Waals surface area contributed by atoms with Crippen LogP contribution in [0.25, 0.3) is 0 Å². The Bertz CT molecular complexity index is 757. The number of carbonyl (C=O) groups is 3. The minimum Gasteiger partial charge on any atom is -0.493 e. The Hall–Kier alpha value is -2.57. The Morgan fingerprint density at radius 2 is 2.04 bits per heavy atom. The first-order valence-electron chi connectivity index (χ1n) is 9.74. The van der Waals surface area contributed by atoms with Gasteiger partial charge in [-0.05, 0) is 25.3 Å². The molecule has 0 bridgehead atoms. The highest BCUT2D eigenvalue weighted by Gasteiger charge is 2.52. The standard InChI is InChI=1S/C20H25N3O4/c24-17(21-15-9-13-27-16-7-2-1-6-14(15)16)8-5-12-23-18(25)20(22-19(23)26)10-3-4-11-20/h1-2,6-7,15H,3-5,8-13H2,(H,21,24)(H,22,26). The van der Waals surface area contributed by atoms with Crippen molar-refractivity contribution in [3.63, 3.8) is 0 Å². The highest BCUT2D eigenvalue weighted by atomic mass is 16.5. The summed E-state index contributed by atoms with van der Waals surface area (Å²) in [6.07, 6.45) is 4.85. The first kappa shape index (κ1) is 17.8. The van der Waals surface area contributed by atoms with E-state index in [1.165, 1.54) is 4.90 Å². The molecule has 27 heavy (non-hydrogen) atoms. The van der Waals surface area contributed by atoms with Gasteiger partial charge in [0.15, 0.2) is 0 Å². The first-order chi connectivity index (χ1) is 13.1. The molecule has 7 heteroatoms. The predicted molar refractivity (Wildman–Crippen MR) is 98.1 cm³/mol. The second kappa shape index (κ2) is 7.21. The van der Waals surface area contributed by atoms with Gasteiger partial charge in [0.05, 0.1) is 12.6 Å². The van der Waals surface area contributed by atoms with E-state index in [9.17, 15) is 14.4 Å². The molecule has 4 rings (SSSR count). The number of hydrogen-bond donors (Lipinski definition) is 2. The third-order valence-electron chi connectivity index (χ3n) is 5.78. The SMILES string of the molecule is O=C(CCCN1C(=O)NC2(CCCC2)C1=O)NC1CCOc2ccccc21. The summed E-state index contributed by atoms with van der Waals surface area (Å²) in [5.41, 5.74) is 0.319. The summed E-state index contributed by atoms with van der Waals surface area (Å²) in [4.78, 5) is 38.4. The summed E-state index contributed by atoms with van der Waals surface area (Å²) in [7, 11) is 0. The summed E-state index contributed by atoms with van der Waals surface area (Å²) in [6, 6.07) is 7.35. The van der Waals surface area contributed by atoms with Crippen molar-refractivity contribution in [2.24, 2.45) is 0 Å². The molecule has 2 N–H and O–H groups in total. The predicted octanol–water partition coefficient (Wildman–Crippen LogP) is 2.27. The van der Waals surface area contributed by atoms with Crippen molar-refractivity contribution >= 4 is 17.8 Å². The molecule has 0 radical (unpaired) electrons. The number of imide groups is 1. The number of amides is 4. The van der Waals surface area contributed by atoms with Crippen LogP contribution in [0.3, 0.4) is 0 Å². The van der Waals surface area contributed by atoms with Crippen LogP contribution >= 0.6 is 0 Å². The third kappa shape index (κ3) is 3.38. The van der Waals surface area contributed by atoms with Gasteiger partial charge in [0.2, 0.25) is 5.91 Å². The lowest BCUT2D eigenvalue weighted by atomic mass is 9.98. The molecular formula is C20H25N3O4. The summed E-state index contributed by atoms with van der Waals surface area (Å²) in [5.74, 6) is 0.623. The van der Waals surface area contributed by atoms with E-state index in [4.69, 9.17) is 4.74 Å². The number of benzene rings is 1. The molecule has 0 aromatic heterocycles. The molecule has 1 atom stereocenters. The van der Waals surface area contributed by atoms with Gasteiger partial charge in [-0.2, -0.15) is 0 Å². The van der Waals surface area contributed by atoms with Crippen molar-refractivity contribution in [2.45, 2.75) is 56.5 Å². The van der Waals surface area contributed by atoms with E-state index in [0.29, 0.717) is 13.0 Å². The number of para-hydroxylation sites is 1. The normalized spacial score (nSPS) is 23.1. The zero-order valence-corrected chi connectivity index (χ0v) is 15.3. The highest BCUT2D eigenvalue weighted by molar-refractivity contribution is 6.07. The van der Waals surface area contributed by atoms with Crippen LogP contribution in [0.15, 0.2) is 24.3 Å². The molecule has 1 spiro atoms. The van der Waals surface area contributed by atoms with Crippen LogP contribution in [0.5, 0.6) is 5.75 Å². The van der Waals surface area contributed by atoms with E-state index < -0.39 is 5.54 Å². The van der Waals surface area contributed by atoms with Crippen LogP contribution in [0.2, 0.25) is 0 Å². The number of fused-ring (bicyclic) bond motifs is 1. The lowest BCUT2D eigenvalue weighted by molar-refractivity contribution is -0.131. The summed E-state index contributed by atoms with van der Waals surface area (Å²) < 4.78 is 5.61. The molecule has 1 aromatic rings. The average molecular weight is 371 g/mol. The number of ether oxygens (including phenoxy) is 1. The van der Waals surface area contributed by atoms with Gasteiger partial charge in [0, 0.05) is 24.9 Å². The fourth-order valence-corrected chi connectivity index (χ4v) is 4.35.